The first-order valence-electron chi connectivity index (χ1n) is 9.10. The van der Waals surface area contributed by atoms with Crippen LogP contribution in [0.2, 0.25) is 0 Å². The van der Waals surface area contributed by atoms with E-state index in [2.05, 4.69) is 10.1 Å². The highest BCUT2D eigenvalue weighted by Gasteiger charge is 2.31. The number of nitrogens with zero attached hydrogens (tertiary/aromatic N) is 6. The third-order valence-corrected chi connectivity index (χ3v) is 5.17. The Morgan fingerprint density at radius 1 is 1.22 bits per heavy atom. The summed E-state index contributed by atoms with van der Waals surface area (Å²) in [6.45, 7) is 2.44. The molecule has 2 aliphatic heterocycles. The van der Waals surface area contributed by atoms with Gasteiger partial charge in [0.05, 0.1) is 6.20 Å². The van der Waals surface area contributed by atoms with E-state index >= 15 is 0 Å². The standard InChI is InChI=1S/C17H22N6O4/c1-20-15-12(9-19-20)16(25)23(11-18-15)10-14(24)21-4-6-22(7-5-21)17(26)13-3-2-8-27-13/h9,11,13H,2-8,10H2,1H3. The summed E-state index contributed by atoms with van der Waals surface area (Å²) in [5.41, 5.74) is 0.207. The van der Waals surface area contributed by atoms with Crippen molar-refractivity contribution < 1.29 is 14.3 Å². The summed E-state index contributed by atoms with van der Waals surface area (Å²) < 4.78 is 8.27. The highest BCUT2D eigenvalue weighted by molar-refractivity contribution is 5.82. The molecule has 0 spiro atoms. The fourth-order valence-electron chi connectivity index (χ4n) is 3.58. The Hall–Kier alpha value is -2.75. The minimum Gasteiger partial charge on any atom is -0.368 e. The third-order valence-electron chi connectivity index (χ3n) is 5.17. The van der Waals surface area contributed by atoms with Crippen LogP contribution in [0, 0.1) is 0 Å². The SMILES string of the molecule is Cn1ncc2c(=O)n(CC(=O)N3CCN(C(=O)C4CCCO4)CC3)cnc21. The van der Waals surface area contributed by atoms with Gasteiger partial charge in [0.1, 0.15) is 24.4 Å². The molecule has 1 unspecified atom stereocenters. The fourth-order valence-corrected chi connectivity index (χ4v) is 3.58. The maximum atomic E-state index is 12.6. The van der Waals surface area contributed by atoms with Gasteiger partial charge in [-0.2, -0.15) is 5.10 Å². The fraction of sp³-hybridized carbons (Fsp3) is 0.588. The van der Waals surface area contributed by atoms with E-state index in [1.54, 1.807) is 16.8 Å². The van der Waals surface area contributed by atoms with Crippen molar-refractivity contribution in [3.05, 3.63) is 22.9 Å². The number of aromatic nitrogens is 4. The van der Waals surface area contributed by atoms with Crippen LogP contribution >= 0.6 is 0 Å². The van der Waals surface area contributed by atoms with Gasteiger partial charge in [0.15, 0.2) is 5.65 Å². The topological polar surface area (TPSA) is 103 Å². The molecule has 2 aromatic rings. The molecule has 2 aliphatic rings. The molecule has 27 heavy (non-hydrogen) atoms. The predicted molar refractivity (Wildman–Crippen MR) is 94.9 cm³/mol. The molecule has 10 heteroatoms. The largest absolute Gasteiger partial charge is 0.368 e. The highest BCUT2D eigenvalue weighted by atomic mass is 16.5. The Balaban J connectivity index is 1.38. The summed E-state index contributed by atoms with van der Waals surface area (Å²) in [7, 11) is 1.71. The van der Waals surface area contributed by atoms with Gasteiger partial charge in [-0.05, 0) is 12.8 Å². The molecule has 10 nitrogen and oxygen atoms in total. The van der Waals surface area contributed by atoms with Crippen LogP contribution in [0.5, 0.6) is 0 Å². The van der Waals surface area contributed by atoms with Crippen molar-refractivity contribution in [1.82, 2.24) is 29.1 Å². The molecule has 0 N–H and O–H groups in total. The number of piperazine rings is 1. The van der Waals surface area contributed by atoms with Crippen LogP contribution < -0.4 is 5.56 Å². The number of amides is 2. The van der Waals surface area contributed by atoms with Gasteiger partial charge in [0.2, 0.25) is 5.91 Å². The predicted octanol–water partition coefficient (Wildman–Crippen LogP) is -1.02. The summed E-state index contributed by atoms with van der Waals surface area (Å²) >= 11 is 0. The number of hydrogen-bond acceptors (Lipinski definition) is 6. The second kappa shape index (κ2) is 7.10. The Kier molecular flexibility index (Phi) is 4.65. The van der Waals surface area contributed by atoms with Crippen LogP contribution in [-0.2, 0) is 27.9 Å². The molecule has 2 aromatic heterocycles. The van der Waals surface area contributed by atoms with Gasteiger partial charge in [-0.1, -0.05) is 0 Å². The van der Waals surface area contributed by atoms with E-state index in [4.69, 9.17) is 4.74 Å². The van der Waals surface area contributed by atoms with Crippen molar-refractivity contribution in [2.75, 3.05) is 32.8 Å². The lowest BCUT2D eigenvalue weighted by Gasteiger charge is -2.35. The normalized spacial score (nSPS) is 20.4. The molecule has 2 amide bonds. The van der Waals surface area contributed by atoms with Crippen LogP contribution in [0.4, 0.5) is 0 Å². The zero-order valence-electron chi connectivity index (χ0n) is 15.2. The first-order chi connectivity index (χ1) is 13.0. The number of fused-ring (bicyclic) bond motifs is 1. The lowest BCUT2D eigenvalue weighted by Crippen LogP contribution is -2.53. The lowest BCUT2D eigenvalue weighted by molar-refractivity contribution is -0.146. The third kappa shape index (κ3) is 3.32. The molecular formula is C17H22N6O4. The Morgan fingerprint density at radius 3 is 2.67 bits per heavy atom. The van der Waals surface area contributed by atoms with Gasteiger partial charge in [0, 0.05) is 39.8 Å². The van der Waals surface area contributed by atoms with E-state index in [1.807, 2.05) is 0 Å². The zero-order chi connectivity index (χ0) is 19.0. The van der Waals surface area contributed by atoms with Gasteiger partial charge in [-0.3, -0.25) is 23.6 Å². The maximum absolute atomic E-state index is 12.6. The molecule has 0 radical (unpaired) electrons. The molecule has 0 bridgehead atoms. The minimum absolute atomic E-state index is 0.0158. The Morgan fingerprint density at radius 2 is 1.96 bits per heavy atom. The summed E-state index contributed by atoms with van der Waals surface area (Å²) in [4.78, 5) is 45.1. The minimum atomic E-state index is -0.330. The van der Waals surface area contributed by atoms with Crippen molar-refractivity contribution in [2.45, 2.75) is 25.5 Å². The number of ether oxygens (including phenoxy) is 1. The number of carbonyl (C=O) groups is 2. The molecule has 144 valence electrons. The lowest BCUT2D eigenvalue weighted by atomic mass is 10.2. The first kappa shape index (κ1) is 17.7. The van der Waals surface area contributed by atoms with Crippen molar-refractivity contribution in [3.8, 4) is 0 Å². The van der Waals surface area contributed by atoms with Gasteiger partial charge >= 0.3 is 0 Å². The molecule has 2 fully saturated rings. The summed E-state index contributed by atoms with van der Waals surface area (Å²) in [6, 6.07) is 0. The van der Waals surface area contributed by atoms with Gasteiger partial charge in [-0.25, -0.2) is 4.98 Å². The Labute approximate surface area is 155 Å². The average molecular weight is 374 g/mol. The van der Waals surface area contributed by atoms with Gasteiger partial charge in [0.25, 0.3) is 11.5 Å². The average Bonchev–Trinajstić information content (AvgIpc) is 3.34. The van der Waals surface area contributed by atoms with Gasteiger partial charge < -0.3 is 14.5 Å². The Bertz CT molecular complexity index is 921. The second-order valence-electron chi connectivity index (χ2n) is 6.89. The van der Waals surface area contributed by atoms with E-state index in [0.717, 1.165) is 12.8 Å². The zero-order valence-corrected chi connectivity index (χ0v) is 15.2. The molecule has 0 aromatic carbocycles. The molecule has 4 rings (SSSR count). The van der Waals surface area contributed by atoms with Crippen molar-refractivity contribution in [1.29, 1.82) is 0 Å². The first-order valence-corrected chi connectivity index (χ1v) is 9.10. The smallest absolute Gasteiger partial charge is 0.264 e. The van der Waals surface area contributed by atoms with E-state index < -0.39 is 0 Å². The summed E-state index contributed by atoms with van der Waals surface area (Å²) in [5, 5.41) is 4.41. The van der Waals surface area contributed by atoms with E-state index in [-0.39, 0.29) is 30.0 Å². The number of aryl methyl sites for hydroxylation is 1. The van der Waals surface area contributed by atoms with E-state index in [1.165, 1.54) is 21.8 Å². The van der Waals surface area contributed by atoms with Crippen molar-refractivity contribution in [2.24, 2.45) is 7.05 Å². The molecular weight excluding hydrogens is 352 g/mol. The molecule has 4 heterocycles. The molecule has 2 saturated heterocycles. The van der Waals surface area contributed by atoms with Crippen LogP contribution in [0.3, 0.4) is 0 Å². The van der Waals surface area contributed by atoms with Crippen LogP contribution in [0.25, 0.3) is 11.0 Å². The van der Waals surface area contributed by atoms with Crippen molar-refractivity contribution >= 4 is 22.8 Å². The van der Waals surface area contributed by atoms with Crippen LogP contribution in [0.15, 0.2) is 17.3 Å². The van der Waals surface area contributed by atoms with Crippen LogP contribution in [0.1, 0.15) is 12.8 Å². The number of hydrogen-bond donors (Lipinski definition) is 0. The monoisotopic (exact) mass is 374 g/mol. The maximum Gasteiger partial charge on any atom is 0.264 e. The summed E-state index contributed by atoms with van der Waals surface area (Å²) in [5.74, 6) is -0.145. The van der Waals surface area contributed by atoms with E-state index in [9.17, 15) is 14.4 Å². The van der Waals surface area contributed by atoms with E-state index in [0.29, 0.717) is 43.8 Å². The van der Waals surface area contributed by atoms with Crippen LogP contribution in [-0.4, -0.2) is 79.8 Å². The van der Waals surface area contributed by atoms with Crippen molar-refractivity contribution in [3.63, 3.8) is 0 Å². The highest BCUT2D eigenvalue weighted by Crippen LogP contribution is 2.16. The molecule has 0 saturated carbocycles. The quantitative estimate of drug-likeness (QED) is 0.681. The van der Waals surface area contributed by atoms with Gasteiger partial charge in [-0.15, -0.1) is 0 Å². The molecule has 0 aliphatic carbocycles. The molecule has 1 atom stereocenters. The number of rotatable bonds is 3. The number of carbonyl (C=O) groups excluding carboxylic acids is 2. The summed E-state index contributed by atoms with van der Waals surface area (Å²) in [6.07, 6.45) is 4.19. The second-order valence-corrected chi connectivity index (χ2v) is 6.89.